The number of nitrogens with zero attached hydrogens (tertiary/aromatic N) is 5. The van der Waals surface area contributed by atoms with E-state index in [0.29, 0.717) is 23.0 Å². The molecule has 2 aliphatic rings. The lowest BCUT2D eigenvalue weighted by atomic mass is 9.97. The van der Waals surface area contributed by atoms with E-state index in [9.17, 15) is 9.59 Å². The fraction of sp³-hybridized carbons (Fsp3) is 0.500. The number of aromatic nitrogens is 4. The summed E-state index contributed by atoms with van der Waals surface area (Å²) < 4.78 is 0. The second-order valence-corrected chi connectivity index (χ2v) is 7.79. The maximum Gasteiger partial charge on any atom is 0.269 e. The Bertz CT molecular complexity index is 927. The van der Waals surface area contributed by atoms with Gasteiger partial charge in [0.15, 0.2) is 0 Å². The van der Waals surface area contributed by atoms with E-state index in [2.05, 4.69) is 37.1 Å². The van der Waals surface area contributed by atoms with Crippen molar-refractivity contribution < 1.29 is 9.59 Å². The standard InChI is InChI=1S/C20H25N7O2/c1-11-17(18(21)28)22-10-16(25-11)27-7-3-4-15(12(27)2)26-20(29)14-8-23-19(24-9-14)13-5-6-13/h8-10,12-13,15H,3-7H2,1-2H3,(H2,21,28)(H,26,29)/t12-,15-/m1/s1. The van der Waals surface area contributed by atoms with Crippen LogP contribution in [-0.4, -0.2) is 50.4 Å². The monoisotopic (exact) mass is 395 g/mol. The minimum Gasteiger partial charge on any atom is -0.364 e. The number of amides is 2. The lowest BCUT2D eigenvalue weighted by molar-refractivity contribution is 0.0922. The summed E-state index contributed by atoms with van der Waals surface area (Å²) in [6.45, 7) is 4.57. The van der Waals surface area contributed by atoms with Crippen molar-refractivity contribution in [2.75, 3.05) is 11.4 Å². The molecule has 2 atom stereocenters. The van der Waals surface area contributed by atoms with Crippen LogP contribution in [0.4, 0.5) is 5.82 Å². The number of carbonyl (C=O) groups excluding carboxylic acids is 2. The van der Waals surface area contributed by atoms with Gasteiger partial charge in [0.1, 0.15) is 17.3 Å². The van der Waals surface area contributed by atoms with Crippen LogP contribution < -0.4 is 16.0 Å². The molecule has 3 N–H and O–H groups in total. The maximum absolute atomic E-state index is 12.7. The number of aryl methyl sites for hydroxylation is 1. The average Bonchev–Trinajstić information content (AvgIpc) is 3.54. The lowest BCUT2D eigenvalue weighted by Crippen LogP contribution is -2.54. The van der Waals surface area contributed by atoms with Gasteiger partial charge in [-0.1, -0.05) is 0 Å². The van der Waals surface area contributed by atoms with Crippen LogP contribution in [-0.2, 0) is 0 Å². The van der Waals surface area contributed by atoms with Crippen molar-refractivity contribution >= 4 is 17.6 Å². The average molecular weight is 395 g/mol. The molecule has 2 aromatic heterocycles. The van der Waals surface area contributed by atoms with Crippen LogP contribution >= 0.6 is 0 Å². The third-order valence-electron chi connectivity index (χ3n) is 5.64. The smallest absolute Gasteiger partial charge is 0.269 e. The van der Waals surface area contributed by atoms with E-state index in [0.717, 1.165) is 38.1 Å². The van der Waals surface area contributed by atoms with Gasteiger partial charge in [-0.25, -0.2) is 19.9 Å². The van der Waals surface area contributed by atoms with Crippen molar-refractivity contribution in [3.05, 3.63) is 41.4 Å². The van der Waals surface area contributed by atoms with Gasteiger partial charge in [-0.2, -0.15) is 0 Å². The molecule has 0 bridgehead atoms. The molecule has 0 spiro atoms. The van der Waals surface area contributed by atoms with Gasteiger partial charge >= 0.3 is 0 Å². The molecule has 9 nitrogen and oxygen atoms in total. The Kier molecular flexibility index (Phi) is 5.12. The van der Waals surface area contributed by atoms with Gasteiger partial charge in [0.2, 0.25) is 0 Å². The van der Waals surface area contributed by atoms with Crippen LogP contribution in [0, 0.1) is 6.92 Å². The Hall–Kier alpha value is -3.10. The summed E-state index contributed by atoms with van der Waals surface area (Å²) in [5.74, 6) is 1.21. The summed E-state index contributed by atoms with van der Waals surface area (Å²) in [6, 6.07) is -0.0234. The molecule has 1 aliphatic carbocycles. The minimum absolute atomic E-state index is 0.0208. The largest absolute Gasteiger partial charge is 0.364 e. The lowest BCUT2D eigenvalue weighted by Gasteiger charge is -2.40. The van der Waals surface area contributed by atoms with Crippen LogP contribution in [0.15, 0.2) is 18.6 Å². The van der Waals surface area contributed by atoms with Crippen LogP contribution in [0.2, 0.25) is 0 Å². The van der Waals surface area contributed by atoms with Crippen molar-refractivity contribution in [3.8, 4) is 0 Å². The first-order chi connectivity index (χ1) is 13.9. The van der Waals surface area contributed by atoms with E-state index in [4.69, 9.17) is 5.73 Å². The molecule has 4 rings (SSSR count). The zero-order chi connectivity index (χ0) is 20.5. The number of hydrogen-bond acceptors (Lipinski definition) is 7. The van der Waals surface area contributed by atoms with Gasteiger partial charge in [0, 0.05) is 36.9 Å². The number of piperidine rings is 1. The van der Waals surface area contributed by atoms with E-state index in [-0.39, 0.29) is 23.7 Å². The number of rotatable bonds is 5. The molecule has 29 heavy (non-hydrogen) atoms. The molecule has 0 aromatic carbocycles. The maximum atomic E-state index is 12.7. The Morgan fingerprint density at radius 3 is 2.48 bits per heavy atom. The SMILES string of the molecule is Cc1nc(N2CCC[C@@H](NC(=O)c3cnc(C4CC4)nc3)[C@H]2C)cnc1C(N)=O. The second kappa shape index (κ2) is 7.73. The first kappa shape index (κ1) is 19.2. The van der Waals surface area contributed by atoms with Crippen LogP contribution in [0.5, 0.6) is 0 Å². The Labute approximate surface area is 169 Å². The summed E-state index contributed by atoms with van der Waals surface area (Å²) in [6.07, 6.45) is 8.82. The first-order valence-electron chi connectivity index (χ1n) is 9.97. The zero-order valence-corrected chi connectivity index (χ0v) is 16.6. The first-order valence-corrected chi connectivity index (χ1v) is 9.97. The predicted molar refractivity (Wildman–Crippen MR) is 107 cm³/mol. The van der Waals surface area contributed by atoms with Gasteiger partial charge in [-0.05, 0) is 39.5 Å². The summed E-state index contributed by atoms with van der Waals surface area (Å²) in [5, 5.41) is 3.11. The summed E-state index contributed by atoms with van der Waals surface area (Å²) >= 11 is 0. The summed E-state index contributed by atoms with van der Waals surface area (Å²) in [5.41, 5.74) is 6.47. The Balaban J connectivity index is 1.45. The Morgan fingerprint density at radius 1 is 1.14 bits per heavy atom. The van der Waals surface area contributed by atoms with Crippen molar-refractivity contribution in [2.24, 2.45) is 5.73 Å². The van der Waals surface area contributed by atoms with E-state index in [1.807, 2.05) is 0 Å². The quantitative estimate of drug-likeness (QED) is 0.782. The fourth-order valence-corrected chi connectivity index (χ4v) is 3.77. The number of primary amides is 1. The molecule has 1 saturated heterocycles. The molecule has 2 fully saturated rings. The zero-order valence-electron chi connectivity index (χ0n) is 16.6. The second-order valence-electron chi connectivity index (χ2n) is 7.79. The van der Waals surface area contributed by atoms with Crippen LogP contribution in [0.1, 0.15) is 70.9 Å². The molecule has 3 heterocycles. The number of hydrogen-bond donors (Lipinski definition) is 2. The normalized spacial score (nSPS) is 21.7. The van der Waals surface area contributed by atoms with Gasteiger partial charge in [0.25, 0.3) is 11.8 Å². The van der Waals surface area contributed by atoms with Gasteiger partial charge in [-0.15, -0.1) is 0 Å². The number of carbonyl (C=O) groups is 2. The number of nitrogens with two attached hydrogens (primary N) is 1. The van der Waals surface area contributed by atoms with E-state index in [1.165, 1.54) is 0 Å². The molecule has 1 aliphatic heterocycles. The van der Waals surface area contributed by atoms with E-state index >= 15 is 0 Å². The molecule has 1 saturated carbocycles. The minimum atomic E-state index is -0.590. The molecule has 2 aromatic rings. The van der Waals surface area contributed by atoms with E-state index < -0.39 is 5.91 Å². The van der Waals surface area contributed by atoms with Crippen molar-refractivity contribution in [3.63, 3.8) is 0 Å². The van der Waals surface area contributed by atoms with Crippen LogP contribution in [0.25, 0.3) is 0 Å². The third kappa shape index (κ3) is 4.03. The molecule has 2 amide bonds. The molecular formula is C20H25N7O2. The van der Waals surface area contributed by atoms with Crippen molar-refractivity contribution in [1.29, 1.82) is 0 Å². The molecule has 9 heteroatoms. The van der Waals surface area contributed by atoms with Gasteiger partial charge in [-0.3, -0.25) is 9.59 Å². The Morgan fingerprint density at radius 2 is 1.86 bits per heavy atom. The molecule has 0 unspecified atom stereocenters. The molecule has 0 radical (unpaired) electrons. The highest BCUT2D eigenvalue weighted by Gasteiger charge is 2.31. The van der Waals surface area contributed by atoms with Gasteiger partial charge in [0.05, 0.1) is 17.5 Å². The van der Waals surface area contributed by atoms with Crippen molar-refractivity contribution in [2.45, 2.75) is 57.5 Å². The predicted octanol–water partition coefficient (Wildman–Crippen LogP) is 1.34. The topological polar surface area (TPSA) is 127 Å². The summed E-state index contributed by atoms with van der Waals surface area (Å²) in [4.78, 5) is 43.5. The molecule has 152 valence electrons. The highest BCUT2D eigenvalue weighted by Crippen LogP contribution is 2.37. The number of nitrogens with one attached hydrogen (secondary N) is 1. The third-order valence-corrected chi connectivity index (χ3v) is 5.64. The molecular weight excluding hydrogens is 370 g/mol. The number of anilines is 1. The highest BCUT2D eigenvalue weighted by molar-refractivity contribution is 5.94. The van der Waals surface area contributed by atoms with Gasteiger partial charge < -0.3 is 16.0 Å². The summed E-state index contributed by atoms with van der Waals surface area (Å²) in [7, 11) is 0. The van der Waals surface area contributed by atoms with Crippen molar-refractivity contribution in [1.82, 2.24) is 25.3 Å². The van der Waals surface area contributed by atoms with Crippen LogP contribution in [0.3, 0.4) is 0 Å². The highest BCUT2D eigenvalue weighted by atomic mass is 16.2. The van der Waals surface area contributed by atoms with E-state index in [1.54, 1.807) is 25.5 Å². The fourth-order valence-electron chi connectivity index (χ4n) is 3.77.